The van der Waals surface area contributed by atoms with Crippen LogP contribution in [0.25, 0.3) is 0 Å². The van der Waals surface area contributed by atoms with Crippen molar-refractivity contribution in [1.82, 2.24) is 20.2 Å². The van der Waals surface area contributed by atoms with Gasteiger partial charge in [-0.05, 0) is 44.4 Å². The number of hydrogen-bond acceptors (Lipinski definition) is 6. The molecule has 33 heavy (non-hydrogen) atoms. The zero-order valence-electron chi connectivity index (χ0n) is 18.3. The van der Waals surface area contributed by atoms with Crippen LogP contribution in [0.2, 0.25) is 5.02 Å². The summed E-state index contributed by atoms with van der Waals surface area (Å²) in [6, 6.07) is 6.76. The van der Waals surface area contributed by atoms with E-state index in [4.69, 9.17) is 21.7 Å². The Morgan fingerprint density at radius 3 is 2.73 bits per heavy atom. The maximum absolute atomic E-state index is 13.1. The summed E-state index contributed by atoms with van der Waals surface area (Å²) in [7, 11) is 0. The minimum absolute atomic E-state index is 0. The lowest BCUT2D eigenvalue weighted by atomic mass is 9.85. The van der Waals surface area contributed by atoms with Gasteiger partial charge in [0.15, 0.2) is 5.96 Å². The fourth-order valence-electron chi connectivity index (χ4n) is 4.28. The van der Waals surface area contributed by atoms with Crippen molar-refractivity contribution in [2.24, 2.45) is 0 Å². The number of rotatable bonds is 4. The van der Waals surface area contributed by atoms with Crippen molar-refractivity contribution in [3.05, 3.63) is 53.1 Å². The summed E-state index contributed by atoms with van der Waals surface area (Å²) in [6.07, 6.45) is 4.52. The predicted octanol–water partition coefficient (Wildman–Crippen LogP) is 3.34. The molecule has 0 spiro atoms. The summed E-state index contributed by atoms with van der Waals surface area (Å²) in [5, 5.41) is 14.8. The fraction of sp³-hybridized carbons (Fsp3) is 0.409. The number of halogens is 2. The zero-order valence-corrected chi connectivity index (χ0v) is 19.9. The molecule has 2 aromatic rings. The Labute approximate surface area is 203 Å². The molecule has 2 aliphatic rings. The Balaban J connectivity index is 0.00000306. The molecule has 3 N–H and O–H groups in total. The van der Waals surface area contributed by atoms with Crippen LogP contribution < -0.4 is 10.6 Å². The van der Waals surface area contributed by atoms with Gasteiger partial charge >= 0.3 is 0 Å². The van der Waals surface area contributed by atoms with Crippen molar-refractivity contribution in [1.29, 1.82) is 5.41 Å². The normalized spacial score (nSPS) is 25.1. The van der Waals surface area contributed by atoms with E-state index in [-0.39, 0.29) is 48.7 Å². The molecule has 0 radical (unpaired) electrons. The first-order valence-corrected chi connectivity index (χ1v) is 10.8. The molecule has 2 aliphatic heterocycles. The second-order valence-corrected chi connectivity index (χ2v) is 8.68. The number of amides is 2. The summed E-state index contributed by atoms with van der Waals surface area (Å²) < 4.78 is 5.58. The molecule has 2 fully saturated rings. The number of carbonyl (C=O) groups excluding carboxylic acids is 2. The number of nitrogens with one attached hydrogen (secondary N) is 3. The molecule has 4 rings (SSSR count). The standard InChI is InChI=1S/C22H25ClN6O3.ClH/c1-13-11-14(7-10-32-13)29-17(30)12-22(2,28-21(29)24)15-5-3-6-16(18(15)23)27-20(31)19-25-8-4-9-26-19;/h3-6,8-9,13-14H,7,10-12H2,1-2H3,(H2,24,28)(H,27,31);1H/t13-,14-,22+;/m1./s1. The highest BCUT2D eigenvalue weighted by atomic mass is 35.5. The fourth-order valence-corrected chi connectivity index (χ4v) is 4.67. The van der Waals surface area contributed by atoms with Crippen molar-refractivity contribution >= 4 is 47.5 Å². The smallest absolute Gasteiger partial charge is 0.293 e. The average Bonchev–Trinajstić information content (AvgIpc) is 2.75. The highest BCUT2D eigenvalue weighted by Gasteiger charge is 2.43. The molecule has 0 aliphatic carbocycles. The van der Waals surface area contributed by atoms with Gasteiger partial charge in [-0.1, -0.05) is 23.7 Å². The molecule has 176 valence electrons. The minimum atomic E-state index is -0.900. The lowest BCUT2D eigenvalue weighted by Gasteiger charge is -2.45. The van der Waals surface area contributed by atoms with Gasteiger partial charge in [-0.2, -0.15) is 0 Å². The minimum Gasteiger partial charge on any atom is -0.378 e. The maximum atomic E-state index is 13.1. The molecular formula is C22H26Cl2N6O3. The van der Waals surface area contributed by atoms with Gasteiger partial charge in [0.25, 0.3) is 5.91 Å². The van der Waals surface area contributed by atoms with Crippen LogP contribution in [0.15, 0.2) is 36.7 Å². The van der Waals surface area contributed by atoms with Crippen LogP contribution in [-0.4, -0.2) is 51.4 Å². The SMILES string of the molecule is C[C@@H]1C[C@H](N2C(=N)N[C@](C)(c3cccc(NC(=O)c4ncccn4)c3Cl)CC2=O)CCO1.Cl. The van der Waals surface area contributed by atoms with Crippen LogP contribution in [0, 0.1) is 5.41 Å². The number of aromatic nitrogens is 2. The van der Waals surface area contributed by atoms with E-state index in [1.54, 1.807) is 24.3 Å². The van der Waals surface area contributed by atoms with Crippen LogP contribution in [0.5, 0.6) is 0 Å². The third kappa shape index (κ3) is 5.10. The van der Waals surface area contributed by atoms with Crippen molar-refractivity contribution in [3.8, 4) is 0 Å². The van der Waals surface area contributed by atoms with Gasteiger partial charge in [0, 0.05) is 25.0 Å². The summed E-state index contributed by atoms with van der Waals surface area (Å²) in [5.74, 6) is -0.561. The first-order valence-electron chi connectivity index (χ1n) is 10.5. The quantitative estimate of drug-likeness (QED) is 0.601. The Bertz CT molecular complexity index is 1030. The molecular weight excluding hydrogens is 467 g/mol. The maximum Gasteiger partial charge on any atom is 0.293 e. The first-order chi connectivity index (χ1) is 15.3. The number of ether oxygens (including phenoxy) is 1. The third-order valence-corrected chi connectivity index (χ3v) is 6.25. The molecule has 3 heterocycles. The topological polar surface area (TPSA) is 120 Å². The third-order valence-electron chi connectivity index (χ3n) is 5.84. The highest BCUT2D eigenvalue weighted by molar-refractivity contribution is 6.34. The van der Waals surface area contributed by atoms with Gasteiger partial charge in [-0.25, -0.2) is 9.97 Å². The number of benzene rings is 1. The summed E-state index contributed by atoms with van der Waals surface area (Å²) in [5.41, 5.74) is 0.0936. The number of anilines is 1. The largest absolute Gasteiger partial charge is 0.378 e. The highest BCUT2D eigenvalue weighted by Crippen LogP contribution is 2.38. The van der Waals surface area contributed by atoms with Crippen LogP contribution in [-0.2, 0) is 15.1 Å². The van der Waals surface area contributed by atoms with E-state index in [1.165, 1.54) is 17.3 Å². The van der Waals surface area contributed by atoms with Crippen LogP contribution >= 0.6 is 24.0 Å². The molecule has 11 heteroatoms. The molecule has 0 saturated carbocycles. The van der Waals surface area contributed by atoms with E-state index in [1.807, 2.05) is 13.8 Å². The van der Waals surface area contributed by atoms with Crippen LogP contribution in [0.3, 0.4) is 0 Å². The number of hydrogen-bond donors (Lipinski definition) is 3. The molecule has 2 amide bonds. The Hall–Kier alpha value is -2.75. The van der Waals surface area contributed by atoms with Crippen LogP contribution in [0.4, 0.5) is 5.69 Å². The Morgan fingerprint density at radius 1 is 1.33 bits per heavy atom. The van der Waals surface area contributed by atoms with Gasteiger partial charge in [0.1, 0.15) is 0 Å². The second kappa shape index (κ2) is 10.0. The van der Waals surface area contributed by atoms with Gasteiger partial charge in [0.05, 0.1) is 28.8 Å². The number of carbonyl (C=O) groups is 2. The Morgan fingerprint density at radius 2 is 2.06 bits per heavy atom. The zero-order chi connectivity index (χ0) is 22.9. The van der Waals surface area contributed by atoms with E-state index < -0.39 is 11.4 Å². The van der Waals surface area contributed by atoms with Crippen molar-refractivity contribution in [2.45, 2.75) is 50.8 Å². The molecule has 1 aromatic heterocycles. The van der Waals surface area contributed by atoms with Gasteiger partial charge in [-0.3, -0.25) is 19.9 Å². The lowest BCUT2D eigenvalue weighted by Crippen LogP contribution is -2.63. The summed E-state index contributed by atoms with van der Waals surface area (Å²) in [4.78, 5) is 35.0. The molecule has 3 atom stereocenters. The van der Waals surface area contributed by atoms with E-state index >= 15 is 0 Å². The first kappa shape index (κ1) is 24.9. The molecule has 0 bridgehead atoms. The second-order valence-electron chi connectivity index (χ2n) is 8.30. The number of nitrogens with zero attached hydrogens (tertiary/aromatic N) is 3. The molecule has 9 nitrogen and oxygen atoms in total. The van der Waals surface area contributed by atoms with Crippen LogP contribution in [0.1, 0.15) is 49.3 Å². The summed E-state index contributed by atoms with van der Waals surface area (Å²) in [6.45, 7) is 4.37. The van der Waals surface area contributed by atoms with E-state index in [2.05, 4.69) is 20.6 Å². The van der Waals surface area contributed by atoms with Gasteiger partial charge in [0.2, 0.25) is 11.7 Å². The molecule has 1 aromatic carbocycles. The van der Waals surface area contributed by atoms with Crippen molar-refractivity contribution in [2.75, 3.05) is 11.9 Å². The lowest BCUT2D eigenvalue weighted by molar-refractivity contribution is -0.134. The van der Waals surface area contributed by atoms with Gasteiger partial charge < -0.3 is 15.4 Å². The van der Waals surface area contributed by atoms with E-state index in [9.17, 15) is 9.59 Å². The van der Waals surface area contributed by atoms with Crippen molar-refractivity contribution < 1.29 is 14.3 Å². The summed E-state index contributed by atoms with van der Waals surface area (Å²) >= 11 is 6.66. The predicted molar refractivity (Wildman–Crippen MR) is 127 cm³/mol. The molecule has 0 unspecified atom stereocenters. The van der Waals surface area contributed by atoms with Crippen molar-refractivity contribution in [3.63, 3.8) is 0 Å². The van der Waals surface area contributed by atoms with E-state index in [0.29, 0.717) is 35.7 Å². The Kier molecular flexibility index (Phi) is 7.56. The van der Waals surface area contributed by atoms with Gasteiger partial charge in [-0.15, -0.1) is 12.4 Å². The number of guanidine groups is 1. The molecule has 2 saturated heterocycles. The van der Waals surface area contributed by atoms with E-state index in [0.717, 1.165) is 0 Å². The average molecular weight is 493 g/mol. The monoisotopic (exact) mass is 492 g/mol.